The molecule has 0 spiro atoms. The molecule has 2 aromatic rings. The summed E-state index contributed by atoms with van der Waals surface area (Å²) in [6, 6.07) is 3.51. The van der Waals surface area contributed by atoms with Gasteiger partial charge in [-0.1, -0.05) is 0 Å². The van der Waals surface area contributed by atoms with Crippen LogP contribution in [-0.4, -0.2) is 64.3 Å². The van der Waals surface area contributed by atoms with Crippen molar-refractivity contribution in [2.24, 2.45) is 0 Å². The van der Waals surface area contributed by atoms with Crippen LogP contribution >= 0.6 is 11.3 Å². The number of carbonyl (C=O) groups excluding carboxylic acids is 2. The van der Waals surface area contributed by atoms with Gasteiger partial charge >= 0.3 is 0 Å². The summed E-state index contributed by atoms with van der Waals surface area (Å²) < 4.78 is 0. The number of thiazole rings is 1. The van der Waals surface area contributed by atoms with Gasteiger partial charge in [0.25, 0.3) is 5.91 Å². The van der Waals surface area contributed by atoms with Gasteiger partial charge < -0.3 is 10.2 Å². The van der Waals surface area contributed by atoms with Crippen molar-refractivity contribution >= 4 is 28.8 Å². The fourth-order valence-electron chi connectivity index (χ4n) is 3.54. The fraction of sp³-hybridized carbons (Fsp3) is 0.474. The number of anilines is 1. The maximum atomic E-state index is 12.4. The standard InChI is InChI=1S/C19H23N5O2S/c25-17(24-9-1-2-10-24)13-23-11-5-15-16(6-12-23)27-19(22-15)18(26)21-14-3-7-20-8-4-14/h3-4,7-8H,1-2,5-6,9-13H2,(H,20,21,26). The third-order valence-electron chi connectivity index (χ3n) is 5.05. The van der Waals surface area contributed by atoms with E-state index in [4.69, 9.17) is 0 Å². The fourth-order valence-corrected chi connectivity index (χ4v) is 4.53. The number of hydrogen-bond donors (Lipinski definition) is 1. The first-order valence-electron chi connectivity index (χ1n) is 9.39. The molecule has 1 N–H and O–H groups in total. The van der Waals surface area contributed by atoms with Gasteiger partial charge in [-0.3, -0.25) is 19.5 Å². The number of fused-ring (bicyclic) bond motifs is 1. The first-order chi connectivity index (χ1) is 13.2. The van der Waals surface area contributed by atoms with Gasteiger partial charge in [0, 0.05) is 55.6 Å². The lowest BCUT2D eigenvalue weighted by molar-refractivity contribution is -0.131. The summed E-state index contributed by atoms with van der Waals surface area (Å²) in [6.07, 6.45) is 7.15. The lowest BCUT2D eigenvalue weighted by Crippen LogP contribution is -2.40. The van der Waals surface area contributed by atoms with Gasteiger partial charge in [0.15, 0.2) is 5.01 Å². The minimum absolute atomic E-state index is 0.180. The van der Waals surface area contributed by atoms with Crippen molar-refractivity contribution in [3.05, 3.63) is 40.1 Å². The van der Waals surface area contributed by atoms with Crippen molar-refractivity contribution in [1.82, 2.24) is 19.8 Å². The van der Waals surface area contributed by atoms with Crippen LogP contribution < -0.4 is 5.32 Å². The van der Waals surface area contributed by atoms with Crippen LogP contribution in [0.25, 0.3) is 0 Å². The topological polar surface area (TPSA) is 78.4 Å². The monoisotopic (exact) mass is 385 g/mol. The van der Waals surface area contributed by atoms with Gasteiger partial charge in [0.1, 0.15) is 0 Å². The van der Waals surface area contributed by atoms with Gasteiger partial charge in [-0.25, -0.2) is 4.98 Å². The molecule has 1 fully saturated rings. The van der Waals surface area contributed by atoms with Gasteiger partial charge in [-0.05, 0) is 31.4 Å². The molecule has 1 saturated heterocycles. The molecule has 142 valence electrons. The number of carbonyl (C=O) groups is 2. The second-order valence-corrected chi connectivity index (χ2v) is 8.03. The van der Waals surface area contributed by atoms with Crippen LogP contribution in [0.1, 0.15) is 33.2 Å². The van der Waals surface area contributed by atoms with E-state index < -0.39 is 0 Å². The van der Waals surface area contributed by atoms with Crippen LogP contribution in [0.5, 0.6) is 0 Å². The van der Waals surface area contributed by atoms with E-state index >= 15 is 0 Å². The Hall–Kier alpha value is -2.32. The van der Waals surface area contributed by atoms with E-state index in [0.717, 1.165) is 62.4 Å². The Morgan fingerprint density at radius 3 is 2.59 bits per heavy atom. The van der Waals surface area contributed by atoms with Gasteiger partial charge in [0.05, 0.1) is 12.2 Å². The molecule has 8 heteroatoms. The predicted octanol–water partition coefficient (Wildman–Crippen LogP) is 1.81. The molecule has 27 heavy (non-hydrogen) atoms. The molecule has 0 unspecified atom stereocenters. The summed E-state index contributed by atoms with van der Waals surface area (Å²) in [5.74, 6) is 0.0588. The molecule has 0 saturated carbocycles. The third-order valence-corrected chi connectivity index (χ3v) is 6.20. The number of aromatic nitrogens is 2. The van der Waals surface area contributed by atoms with E-state index in [1.165, 1.54) is 11.3 Å². The summed E-state index contributed by atoms with van der Waals surface area (Å²) in [7, 11) is 0. The molecule has 2 aliphatic heterocycles. The van der Waals surface area contributed by atoms with E-state index in [0.29, 0.717) is 17.2 Å². The average Bonchev–Trinajstić information content (AvgIpc) is 3.32. The van der Waals surface area contributed by atoms with Gasteiger partial charge in [0.2, 0.25) is 5.91 Å². The molecule has 4 heterocycles. The normalized spacial score (nSPS) is 17.4. The van der Waals surface area contributed by atoms with Crippen molar-refractivity contribution in [2.75, 3.05) is 38.0 Å². The van der Waals surface area contributed by atoms with E-state index in [-0.39, 0.29) is 11.8 Å². The number of hydrogen-bond acceptors (Lipinski definition) is 6. The number of rotatable bonds is 4. The minimum atomic E-state index is -0.180. The highest BCUT2D eigenvalue weighted by molar-refractivity contribution is 7.13. The largest absolute Gasteiger partial charge is 0.342 e. The zero-order valence-corrected chi connectivity index (χ0v) is 16.0. The maximum absolute atomic E-state index is 12.4. The molecule has 0 bridgehead atoms. The highest BCUT2D eigenvalue weighted by Gasteiger charge is 2.24. The van der Waals surface area contributed by atoms with Crippen molar-refractivity contribution in [3.63, 3.8) is 0 Å². The molecule has 2 aliphatic rings. The predicted molar refractivity (Wildman–Crippen MR) is 104 cm³/mol. The van der Waals surface area contributed by atoms with Crippen molar-refractivity contribution in [1.29, 1.82) is 0 Å². The van der Waals surface area contributed by atoms with E-state index in [9.17, 15) is 9.59 Å². The second kappa shape index (κ2) is 8.14. The summed E-state index contributed by atoms with van der Waals surface area (Å²) >= 11 is 1.46. The Morgan fingerprint density at radius 1 is 1.07 bits per heavy atom. The Balaban J connectivity index is 1.35. The van der Waals surface area contributed by atoms with E-state index in [1.807, 2.05) is 4.90 Å². The lowest BCUT2D eigenvalue weighted by atomic mass is 10.2. The van der Waals surface area contributed by atoms with E-state index in [2.05, 4.69) is 20.2 Å². The van der Waals surface area contributed by atoms with Crippen LogP contribution in [0.15, 0.2) is 24.5 Å². The number of nitrogens with one attached hydrogen (secondary N) is 1. The number of nitrogens with zero attached hydrogens (tertiary/aromatic N) is 4. The lowest BCUT2D eigenvalue weighted by Gasteiger charge is -2.23. The van der Waals surface area contributed by atoms with Crippen LogP contribution in [0.4, 0.5) is 5.69 Å². The van der Waals surface area contributed by atoms with Crippen LogP contribution in [-0.2, 0) is 17.6 Å². The Bertz CT molecular complexity index is 791. The average molecular weight is 385 g/mol. The molecule has 2 amide bonds. The van der Waals surface area contributed by atoms with Crippen LogP contribution in [0.2, 0.25) is 0 Å². The molecular formula is C19H23N5O2S. The summed E-state index contributed by atoms with van der Waals surface area (Å²) in [5, 5.41) is 3.36. The van der Waals surface area contributed by atoms with Gasteiger partial charge in [-0.2, -0.15) is 0 Å². The van der Waals surface area contributed by atoms with Crippen molar-refractivity contribution < 1.29 is 9.59 Å². The van der Waals surface area contributed by atoms with Crippen molar-refractivity contribution in [2.45, 2.75) is 25.7 Å². The second-order valence-electron chi connectivity index (χ2n) is 6.94. The molecule has 0 aromatic carbocycles. The maximum Gasteiger partial charge on any atom is 0.284 e. The molecule has 7 nitrogen and oxygen atoms in total. The summed E-state index contributed by atoms with van der Waals surface area (Å²) in [6.45, 7) is 3.93. The molecule has 0 atom stereocenters. The SMILES string of the molecule is O=C(Nc1ccncc1)c1nc2c(s1)CCN(CC(=O)N1CCCC1)CC2. The summed E-state index contributed by atoms with van der Waals surface area (Å²) in [4.78, 5) is 38.7. The zero-order chi connectivity index (χ0) is 18.6. The number of amides is 2. The van der Waals surface area contributed by atoms with Gasteiger partial charge in [-0.15, -0.1) is 11.3 Å². The van der Waals surface area contributed by atoms with E-state index in [1.54, 1.807) is 24.5 Å². The summed E-state index contributed by atoms with van der Waals surface area (Å²) in [5.41, 5.74) is 1.71. The number of likely N-dealkylation sites (tertiary alicyclic amines) is 1. The minimum Gasteiger partial charge on any atom is -0.342 e. The molecule has 0 aliphatic carbocycles. The number of pyridine rings is 1. The first-order valence-corrected chi connectivity index (χ1v) is 10.2. The third kappa shape index (κ3) is 4.33. The Labute approximate surface area is 162 Å². The van der Waals surface area contributed by atoms with Crippen LogP contribution in [0.3, 0.4) is 0 Å². The molecular weight excluding hydrogens is 362 g/mol. The van der Waals surface area contributed by atoms with Crippen molar-refractivity contribution in [3.8, 4) is 0 Å². The zero-order valence-electron chi connectivity index (χ0n) is 15.2. The van der Waals surface area contributed by atoms with Crippen LogP contribution in [0, 0.1) is 0 Å². The molecule has 4 rings (SSSR count). The molecule has 0 radical (unpaired) electrons. The highest BCUT2D eigenvalue weighted by atomic mass is 32.1. The molecule has 2 aromatic heterocycles. The smallest absolute Gasteiger partial charge is 0.284 e. The Kier molecular flexibility index (Phi) is 5.45. The Morgan fingerprint density at radius 2 is 1.81 bits per heavy atom. The first kappa shape index (κ1) is 18.1. The highest BCUT2D eigenvalue weighted by Crippen LogP contribution is 2.24. The quantitative estimate of drug-likeness (QED) is 0.869.